The van der Waals surface area contributed by atoms with Crippen molar-refractivity contribution in [3.05, 3.63) is 29.8 Å². The number of rotatable bonds is 11. The third kappa shape index (κ3) is 13.6. The number of carbonyl (C=O) groups excluding carboxylic acids is 8. The molecule has 18 nitrogen and oxygen atoms in total. The van der Waals surface area contributed by atoms with Crippen LogP contribution in [0.5, 0.6) is 5.75 Å². The molecule has 380 valence electrons. The second-order valence-electron chi connectivity index (χ2n) is 20.3. The van der Waals surface area contributed by atoms with E-state index in [-0.39, 0.29) is 50.2 Å². The number of ketones is 1. The monoisotopic (exact) mass is 955 g/mol. The van der Waals surface area contributed by atoms with Crippen molar-refractivity contribution in [3.8, 4) is 5.75 Å². The van der Waals surface area contributed by atoms with Crippen LogP contribution in [0.25, 0.3) is 0 Å². The lowest BCUT2D eigenvalue weighted by atomic mass is 9.91. The zero-order chi connectivity index (χ0) is 50.9. The number of methoxy groups -OCH3 is 1. The number of likely N-dealkylation sites (N-methyl/N-ethyl adjacent to an activating group) is 2. The molecule has 0 aliphatic carbocycles. The van der Waals surface area contributed by atoms with Gasteiger partial charge in [0.2, 0.25) is 29.5 Å². The van der Waals surface area contributed by atoms with Crippen LogP contribution in [0.3, 0.4) is 0 Å². The Hall–Kier alpha value is -5.10. The van der Waals surface area contributed by atoms with Crippen LogP contribution in [0.1, 0.15) is 113 Å². The molecule has 0 aromatic heterocycles. The second-order valence-corrected chi connectivity index (χ2v) is 20.3. The Bertz CT molecular complexity index is 1960. The molecule has 1 aromatic carbocycles. The first-order valence-corrected chi connectivity index (χ1v) is 24.3. The van der Waals surface area contributed by atoms with Crippen LogP contribution in [0.4, 0.5) is 0 Å². The molecule has 0 radical (unpaired) electrons. The second kappa shape index (κ2) is 24.4. The molecule has 3 N–H and O–H groups in total. The van der Waals surface area contributed by atoms with E-state index in [4.69, 9.17) is 14.2 Å². The van der Waals surface area contributed by atoms with Crippen LogP contribution in [-0.2, 0) is 54.3 Å². The van der Waals surface area contributed by atoms with E-state index in [1.807, 2.05) is 39.5 Å². The lowest BCUT2D eigenvalue weighted by Crippen LogP contribution is -2.60. The van der Waals surface area contributed by atoms with E-state index < -0.39 is 120 Å². The molecule has 3 aliphatic heterocycles. The molecule has 0 unspecified atom stereocenters. The van der Waals surface area contributed by atoms with Gasteiger partial charge < -0.3 is 44.7 Å². The number of fused-ring (bicyclic) bond motifs is 1. The summed E-state index contributed by atoms with van der Waals surface area (Å²) in [6.07, 6.45) is -3.09. The zero-order valence-corrected chi connectivity index (χ0v) is 42.5. The number of nitrogens with zero attached hydrogens (tertiary/aromatic N) is 4. The van der Waals surface area contributed by atoms with Crippen molar-refractivity contribution in [2.75, 3.05) is 34.4 Å². The Kier molecular flexibility index (Phi) is 20.0. The summed E-state index contributed by atoms with van der Waals surface area (Å²) in [5.74, 6) is -7.29. The Labute approximate surface area is 402 Å². The third-order valence-electron chi connectivity index (χ3n) is 13.7. The number of aliphatic hydroxyl groups is 1. The zero-order valence-electron chi connectivity index (χ0n) is 42.5. The number of Topliss-reactive ketones (excluding diaryl/α,β-unsaturated/α-hetero) is 1. The molecule has 1 aromatic rings. The molecular weight excluding hydrogens is 877 g/mol. The molecular formula is C50H78N6O12. The van der Waals surface area contributed by atoms with E-state index in [9.17, 15) is 43.5 Å². The van der Waals surface area contributed by atoms with Crippen molar-refractivity contribution in [1.29, 1.82) is 0 Å². The molecule has 11 atom stereocenters. The van der Waals surface area contributed by atoms with Gasteiger partial charge in [-0.2, -0.15) is 0 Å². The number of cyclic esters (lactones) is 2. The fourth-order valence-corrected chi connectivity index (χ4v) is 9.41. The molecule has 0 bridgehead atoms. The molecule has 5 amide bonds. The van der Waals surface area contributed by atoms with Gasteiger partial charge in [0.25, 0.3) is 0 Å². The Morgan fingerprint density at radius 1 is 0.794 bits per heavy atom. The summed E-state index contributed by atoms with van der Waals surface area (Å²) in [7, 11) is 4.75. The van der Waals surface area contributed by atoms with Crippen LogP contribution < -0.4 is 15.4 Å². The first kappa shape index (κ1) is 55.5. The first-order chi connectivity index (χ1) is 31.9. The van der Waals surface area contributed by atoms with Gasteiger partial charge in [-0.15, -0.1) is 0 Å². The highest BCUT2D eigenvalue weighted by atomic mass is 16.6. The van der Waals surface area contributed by atoms with Crippen molar-refractivity contribution in [3.63, 3.8) is 0 Å². The number of ether oxygens (including phenoxy) is 3. The molecule has 18 heteroatoms. The fraction of sp³-hybridized carbons (Fsp3) is 0.720. The molecule has 0 spiro atoms. The van der Waals surface area contributed by atoms with Gasteiger partial charge in [0.15, 0.2) is 11.9 Å². The van der Waals surface area contributed by atoms with Crippen molar-refractivity contribution >= 4 is 47.3 Å². The number of benzene rings is 1. The number of carbonyl (C=O) groups is 8. The maximum absolute atomic E-state index is 14.8. The largest absolute Gasteiger partial charge is 0.497 e. The predicted octanol–water partition coefficient (Wildman–Crippen LogP) is 3.10. The standard InChI is InChI=1S/C50H78N6O12/c1-14-30(8)41-39(57)25-40(58)68-44(29(6)7)43(59)31(9)45(60)51-35(22-27(2)3)47(62)55-21-15-16-36(55)48(63)54(12)38(24-33-17-19-34(66-13)20-18-33)50(65)67-32(10)42(46(61)52-41)56-26-53(11)37(49(56)64)23-28(4)5/h17-20,27-32,35-39,41-42,44,57H,14-16,21-26H2,1-13H3,(H,51,60)(H,52,61)/t30-,31-,32-,35-,36-,37+,38-,39-,41-,42-,44-/m0/s1. The Morgan fingerprint density at radius 3 is 2.00 bits per heavy atom. The van der Waals surface area contributed by atoms with Crippen LogP contribution in [0, 0.1) is 29.6 Å². The number of aliphatic hydroxyl groups excluding tert-OH is 1. The number of amides is 5. The number of nitrogens with one attached hydrogen (secondary N) is 2. The molecule has 3 heterocycles. The Morgan fingerprint density at radius 2 is 1.43 bits per heavy atom. The van der Waals surface area contributed by atoms with E-state index in [0.29, 0.717) is 30.6 Å². The van der Waals surface area contributed by atoms with Crippen molar-refractivity contribution in [1.82, 2.24) is 30.2 Å². The normalized spacial score (nSPS) is 29.9. The minimum atomic E-state index is -1.54. The van der Waals surface area contributed by atoms with Crippen LogP contribution >= 0.6 is 0 Å². The van der Waals surface area contributed by atoms with Gasteiger partial charge >= 0.3 is 11.9 Å². The van der Waals surface area contributed by atoms with E-state index in [0.717, 1.165) is 0 Å². The molecule has 68 heavy (non-hydrogen) atoms. The van der Waals surface area contributed by atoms with Crippen molar-refractivity contribution in [2.24, 2.45) is 29.6 Å². The average molecular weight is 955 g/mol. The van der Waals surface area contributed by atoms with Crippen molar-refractivity contribution < 1.29 is 57.7 Å². The summed E-state index contributed by atoms with van der Waals surface area (Å²) in [5, 5.41) is 17.4. The smallest absolute Gasteiger partial charge is 0.329 e. The minimum absolute atomic E-state index is 0.0104. The Balaban J connectivity index is 1.88. The fourth-order valence-electron chi connectivity index (χ4n) is 9.41. The topological polar surface area (TPSA) is 221 Å². The van der Waals surface area contributed by atoms with Crippen LogP contribution in [0.15, 0.2) is 24.3 Å². The molecule has 0 saturated carbocycles. The van der Waals surface area contributed by atoms with Gasteiger partial charge in [-0.25, -0.2) is 4.79 Å². The van der Waals surface area contributed by atoms with Gasteiger partial charge in [-0.1, -0.05) is 73.9 Å². The highest BCUT2D eigenvalue weighted by Crippen LogP contribution is 2.28. The maximum atomic E-state index is 14.8. The lowest BCUT2D eigenvalue weighted by Gasteiger charge is -2.37. The summed E-state index contributed by atoms with van der Waals surface area (Å²) < 4.78 is 17.3. The quantitative estimate of drug-likeness (QED) is 0.215. The number of hydrogen-bond acceptors (Lipinski definition) is 13. The van der Waals surface area contributed by atoms with Crippen molar-refractivity contribution in [2.45, 2.75) is 169 Å². The molecule has 3 saturated heterocycles. The molecule has 3 aliphatic rings. The highest BCUT2D eigenvalue weighted by molar-refractivity contribution is 6.05. The molecule has 4 rings (SSSR count). The van der Waals surface area contributed by atoms with Gasteiger partial charge in [-0.3, -0.25) is 38.5 Å². The van der Waals surface area contributed by atoms with Gasteiger partial charge in [0, 0.05) is 20.0 Å². The van der Waals surface area contributed by atoms with Gasteiger partial charge in [0.1, 0.15) is 36.0 Å². The third-order valence-corrected chi connectivity index (χ3v) is 13.7. The summed E-state index contributed by atoms with van der Waals surface area (Å²) >= 11 is 0. The summed E-state index contributed by atoms with van der Waals surface area (Å²) in [6.45, 7) is 17.7. The highest BCUT2D eigenvalue weighted by Gasteiger charge is 2.48. The first-order valence-electron chi connectivity index (χ1n) is 24.3. The predicted molar refractivity (Wildman–Crippen MR) is 252 cm³/mol. The maximum Gasteiger partial charge on any atom is 0.329 e. The van der Waals surface area contributed by atoms with E-state index >= 15 is 0 Å². The van der Waals surface area contributed by atoms with Gasteiger partial charge in [-0.05, 0) is 87.9 Å². The number of esters is 2. The average Bonchev–Trinajstić information content (AvgIpc) is 3.87. The van der Waals surface area contributed by atoms with E-state index in [1.54, 1.807) is 52.1 Å². The minimum Gasteiger partial charge on any atom is -0.497 e. The van der Waals surface area contributed by atoms with E-state index in [1.165, 1.54) is 42.7 Å². The van der Waals surface area contributed by atoms with E-state index in [2.05, 4.69) is 10.6 Å². The van der Waals surface area contributed by atoms with Crippen LogP contribution in [0.2, 0.25) is 0 Å². The lowest BCUT2D eigenvalue weighted by molar-refractivity contribution is -0.165. The number of hydrogen-bond donors (Lipinski definition) is 3. The molecule has 3 fully saturated rings. The SMILES string of the molecule is CC[C@H](C)[C@@H]1NC(=O)[C@@H](N2CN(C)[C@H](CC(C)C)C2=O)[C@H](C)OC(=O)[C@H](Cc2ccc(OC)cc2)N(C)C(=O)[C@@H]2CCCN2C(=O)[C@H](CC(C)C)NC(=O)[C@@H](C)C(=O)[C@H](C(C)C)OC(=O)C[C@@H]1O. The summed E-state index contributed by atoms with van der Waals surface area (Å²) in [5.41, 5.74) is 0.644. The summed E-state index contributed by atoms with van der Waals surface area (Å²) in [4.78, 5) is 121. The summed E-state index contributed by atoms with van der Waals surface area (Å²) in [6, 6.07) is 0.392. The van der Waals surface area contributed by atoms with Gasteiger partial charge in [0.05, 0.1) is 44.3 Å². The van der Waals surface area contributed by atoms with Crippen LogP contribution in [-0.4, -0.2) is 161 Å².